The van der Waals surface area contributed by atoms with Gasteiger partial charge in [0.1, 0.15) is 11.8 Å². The molecule has 21 heavy (non-hydrogen) atoms. The minimum atomic E-state index is -1.23. The highest BCUT2D eigenvalue weighted by Gasteiger charge is 2.22. The lowest BCUT2D eigenvalue weighted by Crippen LogP contribution is -2.41. The molecule has 2 amide bonds. The summed E-state index contributed by atoms with van der Waals surface area (Å²) in [7, 11) is 1.46. The largest absolute Gasteiger partial charge is 0.497 e. The Balaban J connectivity index is 2.86. The Morgan fingerprint density at radius 2 is 2.10 bits per heavy atom. The lowest BCUT2D eigenvalue weighted by Gasteiger charge is -2.14. The van der Waals surface area contributed by atoms with Crippen LogP contribution in [0.2, 0.25) is 0 Å². The van der Waals surface area contributed by atoms with Gasteiger partial charge in [-0.25, -0.2) is 4.79 Å². The quantitative estimate of drug-likeness (QED) is 0.669. The van der Waals surface area contributed by atoms with Gasteiger partial charge >= 0.3 is 5.97 Å². The Morgan fingerprint density at radius 1 is 1.43 bits per heavy atom. The Kier molecular flexibility index (Phi) is 6.16. The van der Waals surface area contributed by atoms with Crippen molar-refractivity contribution in [3.63, 3.8) is 0 Å². The third-order valence-corrected chi connectivity index (χ3v) is 3.39. The molecular weight excluding hydrogens is 344 g/mol. The summed E-state index contributed by atoms with van der Waals surface area (Å²) in [5, 5.41) is 11.4. The number of carboxylic acids is 1. The number of nitrogens with two attached hydrogens (primary N) is 1. The van der Waals surface area contributed by atoms with Crippen LogP contribution in [-0.4, -0.2) is 36.0 Å². The molecule has 114 valence electrons. The van der Waals surface area contributed by atoms with Crippen molar-refractivity contribution in [2.75, 3.05) is 7.11 Å². The van der Waals surface area contributed by atoms with E-state index in [9.17, 15) is 14.4 Å². The second kappa shape index (κ2) is 7.63. The van der Waals surface area contributed by atoms with Crippen molar-refractivity contribution in [3.05, 3.63) is 28.2 Å². The van der Waals surface area contributed by atoms with Crippen molar-refractivity contribution in [1.82, 2.24) is 5.32 Å². The number of methoxy groups -OCH3 is 1. The van der Waals surface area contributed by atoms with Crippen LogP contribution >= 0.6 is 15.9 Å². The van der Waals surface area contributed by atoms with E-state index in [0.717, 1.165) is 0 Å². The first-order valence-corrected chi connectivity index (χ1v) is 6.80. The topological polar surface area (TPSA) is 119 Å². The maximum Gasteiger partial charge on any atom is 0.326 e. The number of ether oxygens (including phenoxy) is 1. The highest BCUT2D eigenvalue weighted by Crippen LogP contribution is 2.22. The summed E-state index contributed by atoms with van der Waals surface area (Å²) in [4.78, 5) is 33.9. The van der Waals surface area contributed by atoms with Crippen LogP contribution < -0.4 is 15.8 Å². The van der Waals surface area contributed by atoms with Gasteiger partial charge in [0, 0.05) is 10.9 Å². The Morgan fingerprint density at radius 3 is 2.62 bits per heavy atom. The fourth-order valence-electron chi connectivity index (χ4n) is 1.59. The molecule has 0 saturated heterocycles. The standard InChI is InChI=1S/C13H15BrN2O5/c1-21-7-2-3-9(14)8(6-7)12(18)16-10(13(19)20)4-5-11(15)17/h2-3,6,10H,4-5H2,1H3,(H2,15,17)(H,16,18)(H,19,20)/t10-/m1/s1. The minimum Gasteiger partial charge on any atom is -0.497 e. The highest BCUT2D eigenvalue weighted by atomic mass is 79.9. The lowest BCUT2D eigenvalue weighted by molar-refractivity contribution is -0.139. The van der Waals surface area contributed by atoms with Gasteiger partial charge in [-0.15, -0.1) is 0 Å². The number of amides is 2. The van der Waals surface area contributed by atoms with Gasteiger partial charge in [0.15, 0.2) is 0 Å². The van der Waals surface area contributed by atoms with Crippen molar-refractivity contribution < 1.29 is 24.2 Å². The number of carbonyl (C=O) groups excluding carboxylic acids is 2. The van der Waals surface area contributed by atoms with Crippen LogP contribution in [0.1, 0.15) is 23.2 Å². The Bertz CT molecular complexity index is 561. The van der Waals surface area contributed by atoms with Gasteiger partial charge in [-0.3, -0.25) is 9.59 Å². The molecule has 1 rings (SSSR count). The van der Waals surface area contributed by atoms with Crippen LogP contribution in [-0.2, 0) is 9.59 Å². The number of carboxylic acid groups (broad SMARTS) is 1. The van der Waals surface area contributed by atoms with Gasteiger partial charge in [-0.2, -0.15) is 0 Å². The molecule has 0 aliphatic carbocycles. The molecule has 0 fully saturated rings. The zero-order valence-corrected chi connectivity index (χ0v) is 12.8. The van der Waals surface area contributed by atoms with Gasteiger partial charge in [0.2, 0.25) is 5.91 Å². The van der Waals surface area contributed by atoms with E-state index in [1.807, 2.05) is 0 Å². The number of hydrogen-bond acceptors (Lipinski definition) is 4. The molecule has 1 atom stereocenters. The summed E-state index contributed by atoms with van der Waals surface area (Å²) in [6, 6.07) is 3.56. The number of hydrogen-bond donors (Lipinski definition) is 3. The molecule has 0 saturated carbocycles. The maximum atomic E-state index is 12.1. The predicted molar refractivity (Wildman–Crippen MR) is 78.0 cm³/mol. The zero-order chi connectivity index (χ0) is 16.0. The van der Waals surface area contributed by atoms with Crippen LogP contribution in [0.4, 0.5) is 0 Å². The van der Waals surface area contributed by atoms with E-state index >= 15 is 0 Å². The Labute approximate surface area is 129 Å². The van der Waals surface area contributed by atoms with Crippen LogP contribution in [0.5, 0.6) is 5.75 Å². The van der Waals surface area contributed by atoms with Gasteiger partial charge < -0.3 is 20.9 Å². The monoisotopic (exact) mass is 358 g/mol. The van der Waals surface area contributed by atoms with E-state index in [-0.39, 0.29) is 18.4 Å². The molecule has 0 aliphatic heterocycles. The average molecular weight is 359 g/mol. The van der Waals surface area contributed by atoms with Gasteiger partial charge in [-0.05, 0) is 40.5 Å². The lowest BCUT2D eigenvalue weighted by atomic mass is 10.1. The fourth-order valence-corrected chi connectivity index (χ4v) is 2.01. The molecule has 8 heteroatoms. The molecule has 4 N–H and O–H groups in total. The van der Waals surface area contributed by atoms with Gasteiger partial charge in [0.05, 0.1) is 12.7 Å². The molecule has 0 aromatic heterocycles. The molecule has 0 heterocycles. The van der Waals surface area contributed by atoms with Gasteiger partial charge in [0.25, 0.3) is 5.91 Å². The second-order valence-electron chi connectivity index (χ2n) is 4.22. The number of primary amides is 1. The van der Waals surface area contributed by atoms with Gasteiger partial charge in [-0.1, -0.05) is 0 Å². The number of halogens is 1. The highest BCUT2D eigenvalue weighted by molar-refractivity contribution is 9.10. The first-order chi connectivity index (χ1) is 9.85. The first kappa shape index (κ1) is 17.0. The maximum absolute atomic E-state index is 12.1. The first-order valence-electron chi connectivity index (χ1n) is 6.00. The summed E-state index contributed by atoms with van der Waals surface area (Å²) in [6.45, 7) is 0. The number of benzene rings is 1. The Hall–Kier alpha value is -2.09. The molecule has 0 spiro atoms. The molecule has 7 nitrogen and oxygen atoms in total. The second-order valence-corrected chi connectivity index (χ2v) is 5.07. The minimum absolute atomic E-state index is 0.0714. The van der Waals surface area contributed by atoms with Crippen molar-refractivity contribution in [2.24, 2.45) is 5.73 Å². The molecule has 0 aliphatic rings. The predicted octanol–water partition coefficient (Wildman–Crippen LogP) is 0.906. The molecule has 1 aromatic rings. The zero-order valence-electron chi connectivity index (χ0n) is 11.3. The van der Waals surface area contributed by atoms with E-state index in [2.05, 4.69) is 21.2 Å². The third-order valence-electron chi connectivity index (χ3n) is 2.70. The summed E-state index contributed by atoms with van der Waals surface area (Å²) >= 11 is 3.21. The van der Waals surface area contributed by atoms with E-state index in [1.165, 1.54) is 13.2 Å². The summed E-state index contributed by atoms with van der Waals surface area (Å²) < 4.78 is 5.51. The molecule has 0 radical (unpaired) electrons. The SMILES string of the molecule is COc1ccc(Br)c(C(=O)N[C@H](CCC(N)=O)C(=O)O)c1. The van der Waals surface area contributed by atoms with Crippen LogP contribution in [0, 0.1) is 0 Å². The van der Waals surface area contributed by atoms with Crippen molar-refractivity contribution >= 4 is 33.7 Å². The van der Waals surface area contributed by atoms with E-state index in [1.54, 1.807) is 12.1 Å². The van der Waals surface area contributed by atoms with Crippen LogP contribution in [0.15, 0.2) is 22.7 Å². The molecule has 0 unspecified atom stereocenters. The number of carbonyl (C=O) groups is 3. The normalized spacial score (nSPS) is 11.5. The summed E-state index contributed by atoms with van der Waals surface area (Å²) in [5.41, 5.74) is 5.21. The summed E-state index contributed by atoms with van der Waals surface area (Å²) in [5.74, 6) is -1.98. The summed E-state index contributed by atoms with van der Waals surface area (Å²) in [6.07, 6.45) is -0.200. The molecule has 1 aromatic carbocycles. The van der Waals surface area contributed by atoms with E-state index in [0.29, 0.717) is 10.2 Å². The van der Waals surface area contributed by atoms with Crippen LogP contribution in [0.3, 0.4) is 0 Å². The van der Waals surface area contributed by atoms with Crippen molar-refractivity contribution in [3.8, 4) is 5.75 Å². The number of rotatable bonds is 7. The van der Waals surface area contributed by atoms with Crippen molar-refractivity contribution in [1.29, 1.82) is 0 Å². The average Bonchev–Trinajstić information content (AvgIpc) is 2.43. The van der Waals surface area contributed by atoms with Crippen molar-refractivity contribution in [2.45, 2.75) is 18.9 Å². The van der Waals surface area contributed by atoms with Crippen LogP contribution in [0.25, 0.3) is 0 Å². The number of nitrogens with one attached hydrogen (secondary N) is 1. The molecular formula is C13H15BrN2O5. The van der Waals surface area contributed by atoms with E-state index < -0.39 is 23.8 Å². The third kappa shape index (κ3) is 5.07. The van der Waals surface area contributed by atoms with E-state index in [4.69, 9.17) is 15.6 Å². The fraction of sp³-hybridized carbons (Fsp3) is 0.308. The molecule has 0 bridgehead atoms. The smallest absolute Gasteiger partial charge is 0.326 e. The number of aliphatic carboxylic acids is 1.